The Labute approximate surface area is 105 Å². The lowest BCUT2D eigenvalue weighted by atomic mass is 10.2. The standard InChI is InChI=1S/C13H17FO4/c1-8(2)17-13(3,4)18-9-5-6-10(12(15)16)11(14)7-9/h5-8H,1-4H3,(H,15,16). The van der Waals surface area contributed by atoms with Gasteiger partial charge in [0.05, 0.1) is 11.7 Å². The lowest BCUT2D eigenvalue weighted by Gasteiger charge is -2.28. The molecule has 0 atom stereocenters. The van der Waals surface area contributed by atoms with Crippen molar-refractivity contribution in [3.05, 3.63) is 29.6 Å². The topological polar surface area (TPSA) is 55.8 Å². The van der Waals surface area contributed by atoms with Crippen LogP contribution in [0.2, 0.25) is 0 Å². The van der Waals surface area contributed by atoms with Crippen LogP contribution in [-0.2, 0) is 4.74 Å². The van der Waals surface area contributed by atoms with Crippen LogP contribution in [0.4, 0.5) is 4.39 Å². The number of rotatable bonds is 5. The Kier molecular flexibility index (Phi) is 4.29. The minimum atomic E-state index is -1.31. The van der Waals surface area contributed by atoms with E-state index in [1.807, 2.05) is 13.8 Å². The number of benzene rings is 1. The fourth-order valence-electron chi connectivity index (χ4n) is 1.61. The van der Waals surface area contributed by atoms with Crippen molar-refractivity contribution in [2.45, 2.75) is 39.6 Å². The summed E-state index contributed by atoms with van der Waals surface area (Å²) in [4.78, 5) is 10.7. The maximum absolute atomic E-state index is 13.4. The van der Waals surface area contributed by atoms with Gasteiger partial charge in [0.25, 0.3) is 0 Å². The number of ether oxygens (including phenoxy) is 2. The Balaban J connectivity index is 2.86. The second kappa shape index (κ2) is 5.35. The molecule has 0 amide bonds. The van der Waals surface area contributed by atoms with Crippen LogP contribution in [0.3, 0.4) is 0 Å². The summed E-state index contributed by atoms with van der Waals surface area (Å²) in [6.07, 6.45) is -0.0388. The zero-order valence-corrected chi connectivity index (χ0v) is 10.9. The third-order valence-corrected chi connectivity index (χ3v) is 2.05. The Morgan fingerprint density at radius 3 is 2.44 bits per heavy atom. The molecule has 18 heavy (non-hydrogen) atoms. The van der Waals surface area contributed by atoms with Gasteiger partial charge < -0.3 is 14.6 Å². The summed E-state index contributed by atoms with van der Waals surface area (Å²) in [5.74, 6) is -2.83. The van der Waals surface area contributed by atoms with E-state index in [2.05, 4.69) is 0 Å². The van der Waals surface area contributed by atoms with Crippen LogP contribution >= 0.6 is 0 Å². The molecule has 100 valence electrons. The molecule has 0 unspecified atom stereocenters. The Morgan fingerprint density at radius 2 is 2.00 bits per heavy atom. The third-order valence-electron chi connectivity index (χ3n) is 2.05. The summed E-state index contributed by atoms with van der Waals surface area (Å²) >= 11 is 0. The number of hydrogen-bond acceptors (Lipinski definition) is 3. The predicted molar refractivity (Wildman–Crippen MR) is 64.3 cm³/mol. The van der Waals surface area contributed by atoms with Crippen LogP contribution in [0.15, 0.2) is 18.2 Å². The maximum Gasteiger partial charge on any atom is 0.338 e. The normalized spacial score (nSPS) is 11.7. The molecule has 1 aromatic rings. The molecule has 0 heterocycles. The molecule has 1 rings (SSSR count). The van der Waals surface area contributed by atoms with Gasteiger partial charge in [-0.25, -0.2) is 9.18 Å². The number of carboxylic acids is 1. The fourth-order valence-corrected chi connectivity index (χ4v) is 1.61. The highest BCUT2D eigenvalue weighted by Gasteiger charge is 2.23. The second-order valence-electron chi connectivity index (χ2n) is 4.62. The SMILES string of the molecule is CC(C)OC(C)(C)Oc1ccc(C(=O)O)c(F)c1. The van der Waals surface area contributed by atoms with Gasteiger partial charge in [0, 0.05) is 19.9 Å². The van der Waals surface area contributed by atoms with Gasteiger partial charge in [-0.15, -0.1) is 0 Å². The van der Waals surface area contributed by atoms with E-state index in [9.17, 15) is 9.18 Å². The van der Waals surface area contributed by atoms with Gasteiger partial charge >= 0.3 is 5.97 Å². The molecule has 5 heteroatoms. The Hall–Kier alpha value is -1.62. The van der Waals surface area contributed by atoms with E-state index in [-0.39, 0.29) is 17.4 Å². The van der Waals surface area contributed by atoms with Crippen molar-refractivity contribution in [3.8, 4) is 5.75 Å². The van der Waals surface area contributed by atoms with Crippen molar-refractivity contribution in [1.29, 1.82) is 0 Å². The number of halogens is 1. The lowest BCUT2D eigenvalue weighted by molar-refractivity contribution is -0.178. The number of carbonyl (C=O) groups is 1. The van der Waals surface area contributed by atoms with Crippen molar-refractivity contribution in [3.63, 3.8) is 0 Å². The van der Waals surface area contributed by atoms with Gasteiger partial charge in [0.15, 0.2) is 0 Å². The summed E-state index contributed by atoms with van der Waals surface area (Å²) in [5.41, 5.74) is -0.384. The molecule has 4 nitrogen and oxygen atoms in total. The molecule has 0 aliphatic rings. The first-order chi connectivity index (χ1) is 8.21. The number of carboxylic acid groups (broad SMARTS) is 1. The van der Waals surface area contributed by atoms with Gasteiger partial charge in [-0.2, -0.15) is 0 Å². The van der Waals surface area contributed by atoms with Crippen LogP contribution in [0.5, 0.6) is 5.75 Å². The molecule has 0 aliphatic carbocycles. The molecule has 1 aromatic carbocycles. The Morgan fingerprint density at radius 1 is 1.39 bits per heavy atom. The van der Waals surface area contributed by atoms with E-state index < -0.39 is 17.6 Å². The molecule has 1 N–H and O–H groups in total. The summed E-state index contributed by atoms with van der Waals surface area (Å²) in [6, 6.07) is 3.60. The molecular weight excluding hydrogens is 239 g/mol. The third kappa shape index (κ3) is 4.00. The highest BCUT2D eigenvalue weighted by molar-refractivity contribution is 5.88. The molecule has 0 radical (unpaired) electrons. The zero-order chi connectivity index (χ0) is 13.9. The Bertz CT molecular complexity index is 441. The monoisotopic (exact) mass is 256 g/mol. The summed E-state index contributed by atoms with van der Waals surface area (Å²) in [6.45, 7) is 7.13. The van der Waals surface area contributed by atoms with Crippen LogP contribution in [0.25, 0.3) is 0 Å². The first-order valence-corrected chi connectivity index (χ1v) is 5.61. The molecule has 0 saturated heterocycles. The predicted octanol–water partition coefficient (Wildman–Crippen LogP) is 3.06. The van der Waals surface area contributed by atoms with E-state index in [4.69, 9.17) is 14.6 Å². The van der Waals surface area contributed by atoms with Crippen molar-refractivity contribution >= 4 is 5.97 Å². The summed E-state index contributed by atoms with van der Waals surface area (Å²) in [5, 5.41) is 8.70. The van der Waals surface area contributed by atoms with Gasteiger partial charge in [-0.05, 0) is 26.0 Å². The van der Waals surface area contributed by atoms with Crippen LogP contribution in [0.1, 0.15) is 38.1 Å². The maximum atomic E-state index is 13.4. The van der Waals surface area contributed by atoms with E-state index in [1.54, 1.807) is 13.8 Å². The van der Waals surface area contributed by atoms with Gasteiger partial charge in [0.2, 0.25) is 5.79 Å². The summed E-state index contributed by atoms with van der Waals surface area (Å²) in [7, 11) is 0. The van der Waals surface area contributed by atoms with Gasteiger partial charge in [0.1, 0.15) is 11.6 Å². The quantitative estimate of drug-likeness (QED) is 0.822. The molecule has 0 fully saturated rings. The van der Waals surface area contributed by atoms with Gasteiger partial charge in [-0.1, -0.05) is 0 Å². The first-order valence-electron chi connectivity index (χ1n) is 5.61. The van der Waals surface area contributed by atoms with E-state index in [0.717, 1.165) is 6.07 Å². The number of hydrogen-bond donors (Lipinski definition) is 1. The van der Waals surface area contributed by atoms with E-state index >= 15 is 0 Å². The minimum Gasteiger partial charge on any atom is -0.478 e. The first kappa shape index (κ1) is 14.4. The molecule has 0 aromatic heterocycles. The minimum absolute atomic E-state index is 0.0388. The second-order valence-corrected chi connectivity index (χ2v) is 4.62. The molecule has 0 saturated carbocycles. The van der Waals surface area contributed by atoms with E-state index in [1.165, 1.54) is 12.1 Å². The molecular formula is C13H17FO4. The van der Waals surface area contributed by atoms with Crippen molar-refractivity contribution in [2.75, 3.05) is 0 Å². The fraction of sp³-hybridized carbons (Fsp3) is 0.462. The van der Waals surface area contributed by atoms with E-state index in [0.29, 0.717) is 0 Å². The van der Waals surface area contributed by atoms with Crippen molar-refractivity contribution in [1.82, 2.24) is 0 Å². The van der Waals surface area contributed by atoms with Crippen molar-refractivity contribution < 1.29 is 23.8 Å². The molecule has 0 bridgehead atoms. The van der Waals surface area contributed by atoms with Crippen molar-refractivity contribution in [2.24, 2.45) is 0 Å². The smallest absolute Gasteiger partial charge is 0.338 e. The summed E-state index contributed by atoms with van der Waals surface area (Å²) < 4.78 is 24.4. The zero-order valence-electron chi connectivity index (χ0n) is 10.9. The average Bonchev–Trinajstić information content (AvgIpc) is 2.13. The van der Waals surface area contributed by atoms with Gasteiger partial charge in [-0.3, -0.25) is 0 Å². The molecule has 0 aliphatic heterocycles. The van der Waals surface area contributed by atoms with Crippen LogP contribution < -0.4 is 4.74 Å². The van der Waals surface area contributed by atoms with Crippen LogP contribution in [-0.4, -0.2) is 23.0 Å². The molecule has 0 spiro atoms. The lowest BCUT2D eigenvalue weighted by Crippen LogP contribution is -2.34. The highest BCUT2D eigenvalue weighted by atomic mass is 19.1. The van der Waals surface area contributed by atoms with Crippen LogP contribution in [0, 0.1) is 5.82 Å². The largest absolute Gasteiger partial charge is 0.478 e. The average molecular weight is 256 g/mol. The number of aromatic carboxylic acids is 1. The highest BCUT2D eigenvalue weighted by Crippen LogP contribution is 2.23.